The van der Waals surface area contributed by atoms with E-state index in [-0.39, 0.29) is 0 Å². The minimum absolute atomic E-state index is 0.523. The minimum Gasteiger partial charge on any atom is -0.386 e. The molecule has 17 heavy (non-hydrogen) atoms. The first-order valence-electron chi connectivity index (χ1n) is 5.72. The average Bonchev–Trinajstić information content (AvgIpc) is 2.28. The van der Waals surface area contributed by atoms with E-state index in [1.165, 1.54) is 0 Å². The van der Waals surface area contributed by atoms with Gasteiger partial charge in [-0.1, -0.05) is 6.92 Å². The first-order valence-corrected chi connectivity index (χ1v) is 5.72. The fraction of sp³-hybridized carbons (Fsp3) is 0.583. The van der Waals surface area contributed by atoms with E-state index in [1.54, 1.807) is 0 Å². The lowest BCUT2D eigenvalue weighted by Crippen LogP contribution is -2.62. The van der Waals surface area contributed by atoms with E-state index >= 15 is 0 Å². The standard InChI is InChI=1S/C12H16N4O/c1-4-12(17)6-16(7-12)11-10(5-13)8(2)9(3)14-15-11/h17H,4,6-7H2,1-3H3. The highest BCUT2D eigenvalue weighted by molar-refractivity contribution is 5.59. The van der Waals surface area contributed by atoms with E-state index in [9.17, 15) is 10.4 Å². The summed E-state index contributed by atoms with van der Waals surface area (Å²) >= 11 is 0. The maximum absolute atomic E-state index is 9.97. The summed E-state index contributed by atoms with van der Waals surface area (Å²) in [4.78, 5) is 1.90. The second kappa shape index (κ2) is 3.97. The van der Waals surface area contributed by atoms with Crippen molar-refractivity contribution in [1.29, 1.82) is 5.26 Å². The van der Waals surface area contributed by atoms with Gasteiger partial charge in [-0.05, 0) is 25.8 Å². The normalized spacial score (nSPS) is 17.5. The molecule has 1 N–H and O–H groups in total. The Hall–Kier alpha value is -1.67. The van der Waals surface area contributed by atoms with Crippen molar-refractivity contribution in [2.75, 3.05) is 18.0 Å². The molecule has 0 amide bonds. The monoisotopic (exact) mass is 232 g/mol. The smallest absolute Gasteiger partial charge is 0.169 e. The summed E-state index contributed by atoms with van der Waals surface area (Å²) in [5.41, 5.74) is 1.57. The van der Waals surface area contributed by atoms with Crippen molar-refractivity contribution in [3.63, 3.8) is 0 Å². The summed E-state index contributed by atoms with van der Waals surface area (Å²) in [5.74, 6) is 0.591. The molecule has 1 aromatic rings. The zero-order valence-electron chi connectivity index (χ0n) is 10.4. The van der Waals surface area contributed by atoms with E-state index in [4.69, 9.17) is 0 Å². The zero-order chi connectivity index (χ0) is 12.6. The molecule has 0 atom stereocenters. The van der Waals surface area contributed by atoms with Gasteiger partial charge in [0.25, 0.3) is 0 Å². The molecule has 1 aromatic heterocycles. The third kappa shape index (κ3) is 1.85. The van der Waals surface area contributed by atoms with Crippen molar-refractivity contribution in [2.45, 2.75) is 32.8 Å². The van der Waals surface area contributed by atoms with Gasteiger partial charge in [0.1, 0.15) is 11.6 Å². The molecule has 0 aliphatic carbocycles. The van der Waals surface area contributed by atoms with Crippen molar-refractivity contribution in [3.05, 3.63) is 16.8 Å². The van der Waals surface area contributed by atoms with Crippen LogP contribution in [0.4, 0.5) is 5.82 Å². The van der Waals surface area contributed by atoms with Gasteiger partial charge in [-0.3, -0.25) is 0 Å². The van der Waals surface area contributed by atoms with Crippen LogP contribution in [0.1, 0.15) is 30.2 Å². The topological polar surface area (TPSA) is 73.0 Å². The molecular weight excluding hydrogens is 216 g/mol. The Balaban J connectivity index is 2.31. The lowest BCUT2D eigenvalue weighted by atomic mass is 9.91. The predicted molar refractivity (Wildman–Crippen MR) is 63.7 cm³/mol. The van der Waals surface area contributed by atoms with Crippen LogP contribution in [0.3, 0.4) is 0 Å². The number of nitrogens with zero attached hydrogens (tertiary/aromatic N) is 4. The van der Waals surface area contributed by atoms with Crippen molar-refractivity contribution >= 4 is 5.82 Å². The fourth-order valence-electron chi connectivity index (χ4n) is 1.99. The molecule has 1 fully saturated rings. The first-order chi connectivity index (χ1) is 8.00. The molecule has 0 spiro atoms. The Morgan fingerprint density at radius 3 is 2.59 bits per heavy atom. The van der Waals surface area contributed by atoms with E-state index in [0.717, 1.165) is 11.3 Å². The molecule has 2 heterocycles. The largest absolute Gasteiger partial charge is 0.386 e. The number of hydrogen-bond acceptors (Lipinski definition) is 5. The predicted octanol–water partition coefficient (Wildman–Crippen LogP) is 0.926. The van der Waals surface area contributed by atoms with Crippen LogP contribution in [0.2, 0.25) is 0 Å². The number of aryl methyl sites for hydroxylation is 1. The third-order valence-electron chi connectivity index (χ3n) is 3.48. The second-order valence-corrected chi connectivity index (χ2v) is 4.65. The Kier molecular flexibility index (Phi) is 2.76. The van der Waals surface area contributed by atoms with E-state index < -0.39 is 5.60 Å². The molecule has 0 unspecified atom stereocenters. The van der Waals surface area contributed by atoms with Crippen LogP contribution in [0.5, 0.6) is 0 Å². The molecule has 0 radical (unpaired) electrons. The number of hydrogen-bond donors (Lipinski definition) is 1. The van der Waals surface area contributed by atoms with Crippen molar-refractivity contribution < 1.29 is 5.11 Å². The lowest BCUT2D eigenvalue weighted by molar-refractivity contribution is 0.00793. The fourth-order valence-corrected chi connectivity index (χ4v) is 1.99. The van der Waals surface area contributed by atoms with Crippen LogP contribution in [0.25, 0.3) is 0 Å². The van der Waals surface area contributed by atoms with E-state index in [1.807, 2.05) is 25.7 Å². The Morgan fingerprint density at radius 2 is 2.06 bits per heavy atom. The van der Waals surface area contributed by atoms with Gasteiger partial charge < -0.3 is 10.0 Å². The molecule has 2 rings (SSSR count). The number of aromatic nitrogens is 2. The molecule has 1 aliphatic heterocycles. The zero-order valence-corrected chi connectivity index (χ0v) is 10.4. The number of nitriles is 1. The van der Waals surface area contributed by atoms with Gasteiger partial charge in [0.05, 0.1) is 24.4 Å². The van der Waals surface area contributed by atoms with Gasteiger partial charge in [0.2, 0.25) is 0 Å². The molecule has 0 saturated carbocycles. The highest BCUT2D eigenvalue weighted by Crippen LogP contribution is 2.31. The summed E-state index contributed by atoms with van der Waals surface area (Å²) in [6.45, 7) is 6.71. The van der Waals surface area contributed by atoms with Crippen LogP contribution >= 0.6 is 0 Å². The Labute approximate surface area is 101 Å². The van der Waals surface area contributed by atoms with Gasteiger partial charge in [0, 0.05) is 0 Å². The molecule has 1 saturated heterocycles. The number of β-amino-alcohol motifs (C(OH)–C–C–N with tert-alkyl or cyclic N) is 1. The third-order valence-corrected chi connectivity index (χ3v) is 3.48. The van der Waals surface area contributed by atoms with Crippen LogP contribution < -0.4 is 4.90 Å². The molecule has 5 nitrogen and oxygen atoms in total. The molecule has 5 heteroatoms. The summed E-state index contributed by atoms with van der Waals surface area (Å²) in [5, 5.41) is 27.3. The van der Waals surface area contributed by atoms with Gasteiger partial charge in [-0.15, -0.1) is 5.10 Å². The maximum atomic E-state index is 9.97. The Morgan fingerprint density at radius 1 is 1.41 bits per heavy atom. The molecular formula is C12H16N4O. The summed E-state index contributed by atoms with van der Waals surface area (Å²) < 4.78 is 0. The Bertz CT molecular complexity index is 486. The van der Waals surface area contributed by atoms with Crippen molar-refractivity contribution in [2.24, 2.45) is 0 Å². The SMILES string of the molecule is CCC1(O)CN(c2nnc(C)c(C)c2C#N)C1. The van der Waals surface area contributed by atoms with E-state index in [2.05, 4.69) is 16.3 Å². The van der Waals surface area contributed by atoms with Crippen molar-refractivity contribution in [3.8, 4) is 6.07 Å². The summed E-state index contributed by atoms with van der Waals surface area (Å²) in [6, 6.07) is 2.17. The summed E-state index contributed by atoms with van der Waals surface area (Å²) in [6.07, 6.45) is 0.712. The van der Waals surface area contributed by atoms with Crippen LogP contribution in [-0.2, 0) is 0 Å². The first kappa shape index (κ1) is 11.8. The number of anilines is 1. The van der Waals surface area contributed by atoms with Crippen LogP contribution in [0, 0.1) is 25.2 Å². The van der Waals surface area contributed by atoms with Gasteiger partial charge >= 0.3 is 0 Å². The number of rotatable bonds is 2. The number of aliphatic hydroxyl groups is 1. The van der Waals surface area contributed by atoms with Gasteiger partial charge in [-0.25, -0.2) is 0 Å². The van der Waals surface area contributed by atoms with Crippen molar-refractivity contribution in [1.82, 2.24) is 10.2 Å². The maximum Gasteiger partial charge on any atom is 0.169 e. The van der Waals surface area contributed by atoms with Gasteiger partial charge in [-0.2, -0.15) is 10.4 Å². The quantitative estimate of drug-likeness (QED) is 0.821. The minimum atomic E-state index is -0.632. The average molecular weight is 232 g/mol. The highest BCUT2D eigenvalue weighted by Gasteiger charge is 2.41. The second-order valence-electron chi connectivity index (χ2n) is 4.65. The van der Waals surface area contributed by atoms with Crippen LogP contribution in [-0.4, -0.2) is 34.0 Å². The molecule has 1 aliphatic rings. The molecule has 90 valence electrons. The van der Waals surface area contributed by atoms with Crippen LogP contribution in [0.15, 0.2) is 0 Å². The summed E-state index contributed by atoms with van der Waals surface area (Å²) in [7, 11) is 0. The lowest BCUT2D eigenvalue weighted by Gasteiger charge is -2.46. The molecule has 0 aromatic carbocycles. The van der Waals surface area contributed by atoms with E-state index in [0.29, 0.717) is 30.9 Å². The highest BCUT2D eigenvalue weighted by atomic mass is 16.3. The molecule has 0 bridgehead atoms. The van der Waals surface area contributed by atoms with Gasteiger partial charge in [0.15, 0.2) is 5.82 Å².